The summed E-state index contributed by atoms with van der Waals surface area (Å²) in [6, 6.07) is 4.06. The van der Waals surface area contributed by atoms with Crippen molar-refractivity contribution in [3.8, 4) is 0 Å². The number of esters is 1. The molecule has 11 nitrogen and oxygen atoms in total. The van der Waals surface area contributed by atoms with Crippen molar-refractivity contribution in [2.75, 3.05) is 17.2 Å². The second-order valence-corrected chi connectivity index (χ2v) is 10.5. The molecule has 0 atom stereocenters. The molecule has 2 aliphatic carbocycles. The number of rotatable bonds is 9. The predicted octanol–water partition coefficient (Wildman–Crippen LogP) is 4.80. The van der Waals surface area contributed by atoms with Crippen LogP contribution in [0.3, 0.4) is 0 Å². The molecule has 208 valence electrons. The summed E-state index contributed by atoms with van der Waals surface area (Å²) >= 11 is 0. The number of ether oxygens (including phenoxy) is 1. The highest BCUT2D eigenvalue weighted by Gasteiger charge is 2.26. The molecule has 2 aromatic heterocycles. The zero-order valence-electron chi connectivity index (χ0n) is 22.6. The van der Waals surface area contributed by atoms with Crippen molar-refractivity contribution in [2.24, 2.45) is 5.73 Å². The lowest BCUT2D eigenvalue weighted by Gasteiger charge is -2.27. The molecule has 3 aromatic rings. The number of carboxylic acids is 1. The molecule has 0 bridgehead atoms. The summed E-state index contributed by atoms with van der Waals surface area (Å²) in [6.45, 7) is 3.68. The number of nitrogens with two attached hydrogens (primary N) is 1. The first kappa shape index (κ1) is 26.9. The number of aromatic carboxylic acids is 1. The molecule has 0 amide bonds. The number of carbonyl (C=O) groups excluding carboxylic acids is 1. The molecule has 2 saturated carbocycles. The van der Waals surface area contributed by atoms with Crippen LogP contribution in [0.1, 0.15) is 97.5 Å². The van der Waals surface area contributed by atoms with Crippen LogP contribution in [0.15, 0.2) is 18.5 Å². The first-order valence-corrected chi connectivity index (χ1v) is 14.0. The third-order valence-corrected chi connectivity index (χ3v) is 7.82. The van der Waals surface area contributed by atoms with Crippen LogP contribution in [-0.2, 0) is 11.2 Å². The van der Waals surface area contributed by atoms with Crippen molar-refractivity contribution >= 4 is 40.6 Å². The summed E-state index contributed by atoms with van der Waals surface area (Å²) < 4.78 is 7.32. The molecule has 5 rings (SSSR count). The Labute approximate surface area is 227 Å². The molecule has 0 aliphatic heterocycles. The second kappa shape index (κ2) is 11.6. The lowest BCUT2D eigenvalue weighted by Crippen LogP contribution is -2.33. The van der Waals surface area contributed by atoms with Crippen LogP contribution >= 0.6 is 0 Å². The first-order valence-electron chi connectivity index (χ1n) is 14.0. The van der Waals surface area contributed by atoms with Crippen LogP contribution in [0.5, 0.6) is 0 Å². The summed E-state index contributed by atoms with van der Waals surface area (Å²) in [5.74, 6) is -0.843. The molecule has 0 unspecified atom stereocenters. The van der Waals surface area contributed by atoms with Gasteiger partial charge in [-0.2, -0.15) is 9.97 Å². The minimum absolute atomic E-state index is 0.00452. The largest absolute Gasteiger partial charge is 0.478 e. The van der Waals surface area contributed by atoms with Gasteiger partial charge in [-0.15, -0.1) is 0 Å². The van der Waals surface area contributed by atoms with Crippen molar-refractivity contribution in [3.63, 3.8) is 0 Å². The van der Waals surface area contributed by atoms with E-state index in [9.17, 15) is 14.7 Å². The highest BCUT2D eigenvalue weighted by molar-refractivity contribution is 6.04. The van der Waals surface area contributed by atoms with E-state index < -0.39 is 11.9 Å². The first-order chi connectivity index (χ1) is 18.9. The van der Waals surface area contributed by atoms with E-state index in [0.29, 0.717) is 41.0 Å². The fraction of sp³-hybridized carbons (Fsp3) is 0.536. The minimum Gasteiger partial charge on any atom is -0.478 e. The third-order valence-electron chi connectivity index (χ3n) is 7.82. The van der Waals surface area contributed by atoms with Crippen LogP contribution in [-0.4, -0.2) is 55.3 Å². The fourth-order valence-corrected chi connectivity index (χ4v) is 5.78. The van der Waals surface area contributed by atoms with Gasteiger partial charge < -0.3 is 30.8 Å². The van der Waals surface area contributed by atoms with E-state index >= 15 is 0 Å². The number of carboxylic acid groups (broad SMARTS) is 1. The van der Waals surface area contributed by atoms with Crippen molar-refractivity contribution in [2.45, 2.75) is 89.8 Å². The topological polar surface area (TPSA) is 157 Å². The SMILES string of the molecule is CCOC(=O)c1cc(Nc2nc(NC3CCC(N)CC3)nc3c2ncn3C2CCCC2)cc(CC)c1C(=O)O. The number of hydrogen-bond acceptors (Lipinski definition) is 9. The standard InChI is InChI=1S/C28H37N7O4/c1-3-16-13-19(14-21(22(16)26(36)37)27(38)39-4-2)31-24-23-25(35(15-30-23)20-7-5-6-8-20)34-28(33-24)32-18-11-9-17(29)10-12-18/h13-15,17-18,20H,3-12,29H2,1-2H3,(H,36,37)(H2,31,32,33,34). The highest BCUT2D eigenvalue weighted by Crippen LogP contribution is 2.34. The van der Waals surface area contributed by atoms with Crippen molar-refractivity contribution < 1.29 is 19.4 Å². The maximum atomic E-state index is 12.7. The quantitative estimate of drug-likeness (QED) is 0.280. The Morgan fingerprint density at radius 2 is 1.85 bits per heavy atom. The number of benzene rings is 1. The Kier molecular flexibility index (Phi) is 7.97. The smallest absolute Gasteiger partial charge is 0.339 e. The van der Waals surface area contributed by atoms with Gasteiger partial charge in [0.05, 0.1) is 24.1 Å². The van der Waals surface area contributed by atoms with Gasteiger partial charge in [0.15, 0.2) is 17.0 Å². The van der Waals surface area contributed by atoms with E-state index in [2.05, 4.69) is 20.2 Å². The molecule has 0 radical (unpaired) electrons. The molecule has 2 fully saturated rings. The predicted molar refractivity (Wildman–Crippen MR) is 149 cm³/mol. The number of carbonyl (C=O) groups is 2. The van der Waals surface area contributed by atoms with E-state index in [1.807, 2.05) is 13.3 Å². The fourth-order valence-electron chi connectivity index (χ4n) is 5.78. The minimum atomic E-state index is -1.17. The maximum absolute atomic E-state index is 12.7. The van der Waals surface area contributed by atoms with Crippen LogP contribution in [0, 0.1) is 0 Å². The van der Waals surface area contributed by atoms with Crippen molar-refractivity contribution in [1.29, 1.82) is 0 Å². The molecule has 0 saturated heterocycles. The van der Waals surface area contributed by atoms with Gasteiger partial charge in [0.2, 0.25) is 5.95 Å². The summed E-state index contributed by atoms with van der Waals surface area (Å²) in [5, 5.41) is 16.7. The Hall–Kier alpha value is -3.73. The van der Waals surface area contributed by atoms with Crippen LogP contribution in [0.4, 0.5) is 17.5 Å². The Bertz CT molecular complexity index is 1360. The second-order valence-electron chi connectivity index (χ2n) is 10.5. The number of anilines is 3. The Morgan fingerprint density at radius 1 is 1.10 bits per heavy atom. The molecule has 2 heterocycles. The van der Waals surface area contributed by atoms with Gasteiger partial charge in [-0.1, -0.05) is 19.8 Å². The van der Waals surface area contributed by atoms with Gasteiger partial charge in [-0.05, 0) is 69.6 Å². The normalized spacial score (nSPS) is 19.8. The zero-order chi connectivity index (χ0) is 27.5. The average molecular weight is 536 g/mol. The van der Waals surface area contributed by atoms with E-state index in [1.165, 1.54) is 18.9 Å². The monoisotopic (exact) mass is 535 g/mol. The summed E-state index contributed by atoms with van der Waals surface area (Å²) in [7, 11) is 0. The number of imidazole rings is 1. The van der Waals surface area contributed by atoms with Crippen LogP contribution in [0.2, 0.25) is 0 Å². The summed E-state index contributed by atoms with van der Waals surface area (Å²) in [4.78, 5) is 39.2. The summed E-state index contributed by atoms with van der Waals surface area (Å²) in [5.41, 5.74) is 8.49. The molecule has 5 N–H and O–H groups in total. The van der Waals surface area contributed by atoms with Gasteiger partial charge in [-0.3, -0.25) is 0 Å². The van der Waals surface area contributed by atoms with Gasteiger partial charge in [0.25, 0.3) is 0 Å². The Balaban J connectivity index is 1.56. The molecule has 0 spiro atoms. The number of aryl methyl sites for hydroxylation is 1. The van der Waals surface area contributed by atoms with Gasteiger partial charge >= 0.3 is 11.9 Å². The molecule has 11 heteroatoms. The average Bonchev–Trinajstić information content (AvgIpc) is 3.60. The van der Waals surface area contributed by atoms with Gasteiger partial charge in [-0.25, -0.2) is 14.6 Å². The Morgan fingerprint density at radius 3 is 2.51 bits per heavy atom. The van der Waals surface area contributed by atoms with Crippen molar-refractivity contribution in [3.05, 3.63) is 35.2 Å². The molecule has 2 aliphatic rings. The number of fused-ring (bicyclic) bond motifs is 1. The van der Waals surface area contributed by atoms with Crippen LogP contribution in [0.25, 0.3) is 11.2 Å². The zero-order valence-corrected chi connectivity index (χ0v) is 22.6. The third kappa shape index (κ3) is 5.68. The van der Waals surface area contributed by atoms with Gasteiger partial charge in [0, 0.05) is 23.8 Å². The molecule has 1 aromatic carbocycles. The molecular formula is C28H37N7O4. The number of hydrogen-bond donors (Lipinski definition) is 4. The van der Waals surface area contributed by atoms with E-state index in [0.717, 1.165) is 44.2 Å². The van der Waals surface area contributed by atoms with E-state index in [-0.39, 0.29) is 29.8 Å². The lowest BCUT2D eigenvalue weighted by molar-refractivity contribution is 0.0514. The van der Waals surface area contributed by atoms with E-state index in [4.69, 9.17) is 20.4 Å². The van der Waals surface area contributed by atoms with Crippen molar-refractivity contribution in [1.82, 2.24) is 19.5 Å². The summed E-state index contributed by atoms with van der Waals surface area (Å²) in [6.07, 6.45) is 10.6. The lowest BCUT2D eigenvalue weighted by atomic mass is 9.92. The maximum Gasteiger partial charge on any atom is 0.339 e. The van der Waals surface area contributed by atoms with Crippen LogP contribution < -0.4 is 16.4 Å². The molecular weight excluding hydrogens is 498 g/mol. The number of nitrogens with zero attached hydrogens (tertiary/aromatic N) is 4. The van der Waals surface area contributed by atoms with E-state index in [1.54, 1.807) is 13.0 Å². The number of nitrogens with one attached hydrogen (secondary N) is 2. The highest BCUT2D eigenvalue weighted by atomic mass is 16.5. The molecule has 39 heavy (non-hydrogen) atoms. The number of aromatic nitrogens is 4. The van der Waals surface area contributed by atoms with Gasteiger partial charge in [0.1, 0.15) is 0 Å².